The summed E-state index contributed by atoms with van der Waals surface area (Å²) in [5.74, 6) is 0.0649. The molecule has 1 aliphatic rings. The number of hydrogen-bond acceptors (Lipinski definition) is 4. The second-order valence-electron chi connectivity index (χ2n) is 5.07. The number of hydrogen-bond donors (Lipinski definition) is 2. The number of rotatable bonds is 6. The van der Waals surface area contributed by atoms with Gasteiger partial charge < -0.3 is 10.6 Å². The summed E-state index contributed by atoms with van der Waals surface area (Å²) in [4.78, 5) is 15.4. The van der Waals surface area contributed by atoms with E-state index in [2.05, 4.69) is 15.5 Å². The Kier molecular flexibility index (Phi) is 9.21. The summed E-state index contributed by atoms with van der Waals surface area (Å²) in [6, 6.07) is 7.62. The Morgan fingerprint density at radius 3 is 2.77 bits per heavy atom. The Bertz CT molecular complexity index is 470. The fraction of sp³-hybridized carbons (Fsp3) is 0.533. The number of thioether (sulfide) groups is 1. The smallest absolute Gasteiger partial charge is 0.233 e. The van der Waals surface area contributed by atoms with Gasteiger partial charge in [0, 0.05) is 44.2 Å². The highest BCUT2D eigenvalue weighted by molar-refractivity contribution is 8.00. The second-order valence-corrected chi connectivity index (χ2v) is 6.86. The third kappa shape index (κ3) is 6.34. The summed E-state index contributed by atoms with van der Waals surface area (Å²) in [5.41, 5.74) is 0. The van der Waals surface area contributed by atoms with Crippen molar-refractivity contribution in [1.82, 2.24) is 15.5 Å². The Labute approximate surface area is 147 Å². The number of piperazine rings is 1. The van der Waals surface area contributed by atoms with E-state index in [-0.39, 0.29) is 23.6 Å². The van der Waals surface area contributed by atoms with Crippen molar-refractivity contribution in [3.63, 3.8) is 0 Å². The molecule has 1 aromatic carbocycles. The van der Waals surface area contributed by atoms with E-state index in [0.717, 1.165) is 37.6 Å². The average molecular weight is 364 g/mol. The van der Waals surface area contributed by atoms with E-state index in [4.69, 9.17) is 11.6 Å². The molecule has 0 aliphatic carbocycles. The number of nitrogens with one attached hydrogen (secondary N) is 2. The molecule has 124 valence electrons. The van der Waals surface area contributed by atoms with Crippen LogP contribution in [0.15, 0.2) is 29.2 Å². The van der Waals surface area contributed by atoms with Crippen molar-refractivity contribution in [2.75, 3.05) is 39.3 Å². The van der Waals surface area contributed by atoms with Crippen LogP contribution >= 0.6 is 35.8 Å². The van der Waals surface area contributed by atoms with Crippen LogP contribution in [0.5, 0.6) is 0 Å². The van der Waals surface area contributed by atoms with Crippen molar-refractivity contribution >= 4 is 41.7 Å². The third-order valence-electron chi connectivity index (χ3n) is 3.45. The second kappa shape index (κ2) is 10.3. The molecule has 0 aromatic heterocycles. The molecule has 2 N–H and O–H groups in total. The van der Waals surface area contributed by atoms with E-state index in [1.165, 1.54) is 11.8 Å². The Morgan fingerprint density at radius 1 is 1.41 bits per heavy atom. The highest BCUT2D eigenvalue weighted by Gasteiger charge is 2.16. The predicted octanol–water partition coefficient (Wildman–Crippen LogP) is 2.26. The van der Waals surface area contributed by atoms with Crippen LogP contribution in [0.3, 0.4) is 0 Å². The molecule has 2 rings (SSSR count). The van der Waals surface area contributed by atoms with Gasteiger partial charge in [0.05, 0.1) is 10.3 Å². The van der Waals surface area contributed by atoms with E-state index >= 15 is 0 Å². The molecule has 1 fully saturated rings. The van der Waals surface area contributed by atoms with Crippen molar-refractivity contribution in [2.24, 2.45) is 0 Å². The Morgan fingerprint density at radius 2 is 2.09 bits per heavy atom. The lowest BCUT2D eigenvalue weighted by atomic mass is 10.3. The van der Waals surface area contributed by atoms with Gasteiger partial charge in [-0.1, -0.05) is 23.7 Å². The lowest BCUT2D eigenvalue weighted by molar-refractivity contribution is -0.120. The fourth-order valence-corrected chi connectivity index (χ4v) is 3.38. The number of nitrogens with zero attached hydrogens (tertiary/aromatic N) is 1. The summed E-state index contributed by atoms with van der Waals surface area (Å²) >= 11 is 7.61. The van der Waals surface area contributed by atoms with Gasteiger partial charge in [-0.2, -0.15) is 0 Å². The molecule has 22 heavy (non-hydrogen) atoms. The number of carbonyl (C=O) groups excluding carboxylic acids is 1. The molecule has 0 saturated carbocycles. The maximum absolute atomic E-state index is 12.1. The third-order valence-corrected chi connectivity index (χ3v) is 5.07. The fourth-order valence-electron chi connectivity index (χ4n) is 2.20. The standard InChI is InChI=1S/C15H22ClN3OS.ClH/c1-12(21-14-5-3-2-4-13(14)16)15(20)18-8-11-19-9-6-17-7-10-19;/h2-5,12,17H,6-11H2,1H3,(H,18,20);1H. The first-order chi connectivity index (χ1) is 10.2. The minimum absolute atomic E-state index is 0. The molecule has 1 aliphatic heterocycles. The molecule has 0 radical (unpaired) electrons. The molecule has 4 nitrogen and oxygen atoms in total. The predicted molar refractivity (Wildman–Crippen MR) is 96.3 cm³/mol. The van der Waals surface area contributed by atoms with Gasteiger partial charge in [-0.3, -0.25) is 9.69 Å². The first-order valence-corrected chi connectivity index (χ1v) is 8.54. The summed E-state index contributed by atoms with van der Waals surface area (Å²) in [7, 11) is 0. The zero-order valence-electron chi connectivity index (χ0n) is 12.7. The maximum atomic E-state index is 12.1. The van der Waals surface area contributed by atoms with Gasteiger partial charge in [-0.25, -0.2) is 0 Å². The molecule has 1 heterocycles. The lowest BCUT2D eigenvalue weighted by Gasteiger charge is -2.27. The molecule has 1 saturated heterocycles. The lowest BCUT2D eigenvalue weighted by Crippen LogP contribution is -2.46. The van der Waals surface area contributed by atoms with Gasteiger partial charge >= 0.3 is 0 Å². The van der Waals surface area contributed by atoms with Crippen LogP contribution in [0.4, 0.5) is 0 Å². The molecule has 0 spiro atoms. The average Bonchev–Trinajstić information content (AvgIpc) is 2.50. The van der Waals surface area contributed by atoms with E-state index in [0.29, 0.717) is 11.6 Å². The SMILES string of the molecule is CC(Sc1ccccc1Cl)C(=O)NCCN1CCNCC1.Cl. The van der Waals surface area contributed by atoms with E-state index < -0.39 is 0 Å². The molecule has 0 bridgehead atoms. The number of benzene rings is 1. The quantitative estimate of drug-likeness (QED) is 0.760. The van der Waals surface area contributed by atoms with Crippen molar-refractivity contribution < 1.29 is 4.79 Å². The van der Waals surface area contributed by atoms with Crippen LogP contribution in [0.2, 0.25) is 5.02 Å². The minimum atomic E-state index is -0.145. The zero-order valence-corrected chi connectivity index (χ0v) is 15.1. The summed E-state index contributed by atoms with van der Waals surface area (Å²) in [6.45, 7) is 7.70. The van der Waals surface area contributed by atoms with Crippen LogP contribution in [0, 0.1) is 0 Å². The van der Waals surface area contributed by atoms with Crippen molar-refractivity contribution in [3.05, 3.63) is 29.3 Å². The number of halogens is 2. The van der Waals surface area contributed by atoms with E-state index in [9.17, 15) is 4.79 Å². The molecular formula is C15H23Cl2N3OS. The monoisotopic (exact) mass is 363 g/mol. The Balaban J connectivity index is 0.00000242. The van der Waals surface area contributed by atoms with Crippen LogP contribution < -0.4 is 10.6 Å². The van der Waals surface area contributed by atoms with Gasteiger partial charge in [0.2, 0.25) is 5.91 Å². The van der Waals surface area contributed by atoms with Gasteiger partial charge in [-0.05, 0) is 19.1 Å². The number of amides is 1. The van der Waals surface area contributed by atoms with Crippen LogP contribution in [0.1, 0.15) is 6.92 Å². The first kappa shape index (κ1) is 19.6. The van der Waals surface area contributed by atoms with Gasteiger partial charge in [-0.15, -0.1) is 24.2 Å². The van der Waals surface area contributed by atoms with Crippen molar-refractivity contribution in [2.45, 2.75) is 17.1 Å². The maximum Gasteiger partial charge on any atom is 0.233 e. The van der Waals surface area contributed by atoms with Gasteiger partial charge in [0.25, 0.3) is 0 Å². The summed E-state index contributed by atoms with van der Waals surface area (Å²) in [6.07, 6.45) is 0. The van der Waals surface area contributed by atoms with E-state index in [1.54, 1.807) is 0 Å². The largest absolute Gasteiger partial charge is 0.354 e. The molecule has 1 amide bonds. The molecule has 1 atom stereocenters. The van der Waals surface area contributed by atoms with Crippen molar-refractivity contribution in [3.8, 4) is 0 Å². The van der Waals surface area contributed by atoms with Crippen LogP contribution in [-0.4, -0.2) is 55.3 Å². The summed E-state index contributed by atoms with van der Waals surface area (Å²) < 4.78 is 0. The normalized spacial score (nSPS) is 16.6. The highest BCUT2D eigenvalue weighted by atomic mass is 35.5. The minimum Gasteiger partial charge on any atom is -0.354 e. The Hall–Kier alpha value is -0.460. The van der Waals surface area contributed by atoms with Crippen LogP contribution in [0.25, 0.3) is 0 Å². The van der Waals surface area contributed by atoms with Gasteiger partial charge in [0.15, 0.2) is 0 Å². The molecule has 7 heteroatoms. The molecular weight excluding hydrogens is 341 g/mol. The molecule has 1 unspecified atom stereocenters. The zero-order chi connectivity index (χ0) is 15.1. The summed E-state index contributed by atoms with van der Waals surface area (Å²) in [5, 5.41) is 6.88. The van der Waals surface area contributed by atoms with Gasteiger partial charge in [0.1, 0.15) is 0 Å². The highest BCUT2D eigenvalue weighted by Crippen LogP contribution is 2.29. The molecule has 1 aromatic rings. The number of carbonyl (C=O) groups is 1. The van der Waals surface area contributed by atoms with E-state index in [1.807, 2.05) is 31.2 Å². The van der Waals surface area contributed by atoms with Crippen molar-refractivity contribution in [1.29, 1.82) is 0 Å². The first-order valence-electron chi connectivity index (χ1n) is 7.29. The van der Waals surface area contributed by atoms with Crippen LogP contribution in [-0.2, 0) is 4.79 Å². The topological polar surface area (TPSA) is 44.4 Å².